The molecular weight excluding hydrogens is 803 g/mol. The van der Waals surface area contributed by atoms with E-state index in [1.54, 1.807) is 0 Å². The molecular formula is C54H83N3O7. The fourth-order valence-electron chi connectivity index (χ4n) is 6.40. The number of unbranched alkanes of at least 4 members (excludes halogenated alkanes) is 2. The van der Waals surface area contributed by atoms with Crippen molar-refractivity contribution in [2.24, 2.45) is 0 Å². The van der Waals surface area contributed by atoms with E-state index in [2.05, 4.69) is 157 Å². The molecule has 5 atom stereocenters. The van der Waals surface area contributed by atoms with Gasteiger partial charge in [0.1, 0.15) is 12.1 Å². The maximum absolute atomic E-state index is 13.4. The van der Waals surface area contributed by atoms with Crippen molar-refractivity contribution in [2.45, 2.75) is 173 Å². The van der Waals surface area contributed by atoms with Crippen LogP contribution in [0.5, 0.6) is 0 Å². The maximum Gasteiger partial charge on any atom is 0.242 e. The third-order valence-electron chi connectivity index (χ3n) is 10.1. The van der Waals surface area contributed by atoms with Crippen LogP contribution in [0.1, 0.15) is 142 Å². The van der Waals surface area contributed by atoms with Gasteiger partial charge in [0.2, 0.25) is 17.7 Å². The summed E-state index contributed by atoms with van der Waals surface area (Å²) >= 11 is 0. The summed E-state index contributed by atoms with van der Waals surface area (Å²) in [6.07, 6.45) is 58.4. The zero-order valence-electron chi connectivity index (χ0n) is 39.1. The predicted octanol–water partition coefficient (Wildman–Crippen LogP) is 10.1. The molecule has 3 amide bonds. The molecule has 0 saturated carbocycles. The van der Waals surface area contributed by atoms with Crippen LogP contribution in [-0.2, 0) is 19.1 Å². The van der Waals surface area contributed by atoms with Crippen LogP contribution in [0, 0.1) is 0 Å². The van der Waals surface area contributed by atoms with Gasteiger partial charge in [0.25, 0.3) is 0 Å². The molecule has 356 valence electrons. The molecule has 0 aliphatic carbocycles. The number of amides is 3. The summed E-state index contributed by atoms with van der Waals surface area (Å²) in [5.41, 5.74) is 0. The molecule has 5 unspecified atom stereocenters. The zero-order valence-corrected chi connectivity index (χ0v) is 39.1. The van der Waals surface area contributed by atoms with E-state index in [9.17, 15) is 29.7 Å². The fourth-order valence-corrected chi connectivity index (χ4v) is 6.40. The van der Waals surface area contributed by atoms with Gasteiger partial charge < -0.3 is 36.0 Å². The molecule has 1 aliphatic rings. The molecule has 1 fully saturated rings. The van der Waals surface area contributed by atoms with Gasteiger partial charge in [-0.25, -0.2) is 0 Å². The van der Waals surface area contributed by atoms with E-state index >= 15 is 0 Å². The minimum absolute atomic E-state index is 0.00332. The van der Waals surface area contributed by atoms with Gasteiger partial charge in [0.15, 0.2) is 6.29 Å². The minimum atomic E-state index is -1.41. The molecule has 0 aromatic rings. The number of nitrogens with one attached hydrogen (secondary N) is 3. The second-order valence-electron chi connectivity index (χ2n) is 15.7. The molecule has 10 nitrogen and oxygen atoms in total. The van der Waals surface area contributed by atoms with Gasteiger partial charge in [-0.3, -0.25) is 14.4 Å². The normalized spacial score (nSPS) is 19.3. The third kappa shape index (κ3) is 33.9. The van der Waals surface area contributed by atoms with E-state index in [1.165, 1.54) is 0 Å². The molecule has 0 spiro atoms. The van der Waals surface area contributed by atoms with Crippen LogP contribution in [-0.4, -0.2) is 76.8 Å². The Hall–Kier alpha value is -4.61. The highest BCUT2D eigenvalue weighted by molar-refractivity contribution is 5.87. The predicted molar refractivity (Wildman–Crippen MR) is 265 cm³/mol. The number of aliphatic hydroxyl groups excluding tert-OH is 3. The molecule has 0 bridgehead atoms. The largest absolute Gasteiger partial charge is 0.394 e. The van der Waals surface area contributed by atoms with Crippen molar-refractivity contribution in [3.63, 3.8) is 0 Å². The van der Waals surface area contributed by atoms with Crippen LogP contribution in [0.4, 0.5) is 0 Å². The molecule has 1 rings (SSSR count). The Morgan fingerprint density at radius 3 is 1.45 bits per heavy atom. The van der Waals surface area contributed by atoms with Crippen LogP contribution in [0.25, 0.3) is 0 Å². The highest BCUT2D eigenvalue weighted by Crippen LogP contribution is 2.19. The SMILES string of the molecule is CCC=CCC=CCC=CCC=CCC=CCC=CCCC(=O)NCCCCC(NC(=O)CCCC=CCC=CCC=CCC=CCC=CCC)C(=O)NC1CC(O)C(CO)OC1O. The van der Waals surface area contributed by atoms with Crippen LogP contribution < -0.4 is 16.0 Å². The number of rotatable bonds is 36. The summed E-state index contributed by atoms with van der Waals surface area (Å²) in [5.74, 6) is -0.787. The number of hydrogen-bond acceptors (Lipinski definition) is 7. The van der Waals surface area contributed by atoms with Crippen molar-refractivity contribution in [1.82, 2.24) is 16.0 Å². The average Bonchev–Trinajstić information content (AvgIpc) is 3.28. The van der Waals surface area contributed by atoms with Gasteiger partial charge in [0, 0.05) is 25.8 Å². The fraction of sp³-hybridized carbons (Fsp3) is 0.537. The molecule has 1 saturated heterocycles. The Balaban J connectivity index is 2.39. The standard InChI is InChI=1S/C54H83N3O7/c1-3-5-7-9-11-13-15-17-19-21-22-24-25-27-29-31-33-35-37-42-51(60)55-44-40-39-41-47(53(62)57-48-45-49(59)50(46-58)64-54(48)63)56-52(61)43-38-36-34-32-30-28-26-23-20-18-16-14-12-10-8-6-4-2/h5-8,11-14,17-20,22,24,26-29,32-35,47-50,54,58-59,63H,3-4,9-10,15-16,21,23,25,30-31,36-46H2,1-2H3,(H,55,60)(H,56,61)(H,57,62). The van der Waals surface area contributed by atoms with E-state index in [0.717, 1.165) is 77.0 Å². The number of allylic oxidation sites excluding steroid dienone is 22. The molecule has 1 aliphatic heterocycles. The van der Waals surface area contributed by atoms with Gasteiger partial charge >= 0.3 is 0 Å². The van der Waals surface area contributed by atoms with E-state index in [-0.39, 0.29) is 24.7 Å². The lowest BCUT2D eigenvalue weighted by Crippen LogP contribution is -2.58. The topological polar surface area (TPSA) is 157 Å². The average molecular weight is 886 g/mol. The van der Waals surface area contributed by atoms with Crippen molar-refractivity contribution in [2.75, 3.05) is 13.2 Å². The Labute approximate surface area is 386 Å². The summed E-state index contributed by atoms with van der Waals surface area (Å²) in [7, 11) is 0. The number of carbonyl (C=O) groups excluding carboxylic acids is 3. The van der Waals surface area contributed by atoms with Crippen LogP contribution in [0.15, 0.2) is 134 Å². The molecule has 0 radical (unpaired) electrons. The van der Waals surface area contributed by atoms with Crippen molar-refractivity contribution in [3.05, 3.63) is 134 Å². The Morgan fingerprint density at radius 2 is 1.00 bits per heavy atom. The number of hydrogen-bond donors (Lipinski definition) is 6. The van der Waals surface area contributed by atoms with Crippen LogP contribution in [0.2, 0.25) is 0 Å². The first-order valence-corrected chi connectivity index (χ1v) is 24.0. The third-order valence-corrected chi connectivity index (χ3v) is 10.1. The van der Waals surface area contributed by atoms with E-state index in [0.29, 0.717) is 45.1 Å². The van der Waals surface area contributed by atoms with Crippen molar-refractivity contribution < 1.29 is 34.4 Å². The summed E-state index contributed by atoms with van der Waals surface area (Å²) in [6, 6.07) is -1.77. The maximum atomic E-state index is 13.4. The highest BCUT2D eigenvalue weighted by Gasteiger charge is 2.37. The highest BCUT2D eigenvalue weighted by atomic mass is 16.6. The van der Waals surface area contributed by atoms with Gasteiger partial charge in [0.05, 0.1) is 18.8 Å². The number of ether oxygens (including phenoxy) is 1. The Kier molecular flexibility index (Phi) is 38.0. The number of carbonyl (C=O) groups is 3. The molecule has 1 heterocycles. The quantitative estimate of drug-likeness (QED) is 0.0270. The first-order chi connectivity index (χ1) is 31.3. The summed E-state index contributed by atoms with van der Waals surface area (Å²) < 4.78 is 5.27. The second kappa shape index (κ2) is 42.3. The van der Waals surface area contributed by atoms with Crippen LogP contribution >= 0.6 is 0 Å². The summed E-state index contributed by atoms with van der Waals surface area (Å²) in [5, 5.41) is 38.6. The lowest BCUT2D eigenvalue weighted by molar-refractivity contribution is -0.221. The van der Waals surface area contributed by atoms with Crippen molar-refractivity contribution in [1.29, 1.82) is 0 Å². The number of aliphatic hydroxyl groups is 3. The second-order valence-corrected chi connectivity index (χ2v) is 15.7. The van der Waals surface area contributed by atoms with E-state index in [1.807, 2.05) is 6.08 Å². The Morgan fingerprint density at radius 1 is 0.562 bits per heavy atom. The molecule has 0 aromatic carbocycles. The van der Waals surface area contributed by atoms with E-state index < -0.39 is 43.1 Å². The molecule has 0 aromatic heterocycles. The first kappa shape index (κ1) is 57.4. The van der Waals surface area contributed by atoms with Crippen molar-refractivity contribution >= 4 is 17.7 Å². The van der Waals surface area contributed by atoms with E-state index in [4.69, 9.17) is 4.74 Å². The monoisotopic (exact) mass is 886 g/mol. The first-order valence-electron chi connectivity index (χ1n) is 24.0. The smallest absolute Gasteiger partial charge is 0.242 e. The van der Waals surface area contributed by atoms with Crippen molar-refractivity contribution in [3.8, 4) is 0 Å². The van der Waals surface area contributed by atoms with Gasteiger partial charge in [-0.2, -0.15) is 0 Å². The van der Waals surface area contributed by atoms with Gasteiger partial charge in [-0.1, -0.05) is 148 Å². The molecule has 10 heteroatoms. The van der Waals surface area contributed by atoms with Gasteiger partial charge in [-0.15, -0.1) is 0 Å². The summed E-state index contributed by atoms with van der Waals surface area (Å²) in [4.78, 5) is 38.7. The lowest BCUT2D eigenvalue weighted by atomic mass is 10.00. The lowest BCUT2D eigenvalue weighted by Gasteiger charge is -2.37. The van der Waals surface area contributed by atoms with Crippen LogP contribution in [0.3, 0.4) is 0 Å². The zero-order chi connectivity index (χ0) is 46.6. The molecule has 64 heavy (non-hydrogen) atoms. The Bertz CT molecular complexity index is 1550. The minimum Gasteiger partial charge on any atom is -0.394 e. The summed E-state index contributed by atoms with van der Waals surface area (Å²) in [6.45, 7) is 4.26. The van der Waals surface area contributed by atoms with Gasteiger partial charge in [-0.05, 0) is 109 Å². The molecule has 6 N–H and O–H groups in total.